The molecule has 1 fully saturated rings. The van der Waals surface area contributed by atoms with Gasteiger partial charge in [-0.3, -0.25) is 10.1 Å². The summed E-state index contributed by atoms with van der Waals surface area (Å²) in [7, 11) is 1.57. The molecule has 0 N–H and O–H groups in total. The van der Waals surface area contributed by atoms with Gasteiger partial charge in [-0.15, -0.1) is 11.7 Å². The van der Waals surface area contributed by atoms with Gasteiger partial charge < -0.3 is 19.3 Å². The number of nitriles is 1. The van der Waals surface area contributed by atoms with Crippen LogP contribution in [0.4, 0.5) is 16.3 Å². The Bertz CT molecular complexity index is 1140. The Balaban J connectivity index is 1.88. The van der Waals surface area contributed by atoms with E-state index in [9.17, 15) is 20.2 Å². The molecule has 2 aromatic rings. The molecule has 0 aliphatic carbocycles. The number of amides is 1. The van der Waals surface area contributed by atoms with Crippen LogP contribution in [-0.4, -0.2) is 64.1 Å². The molecule has 192 valence electrons. The van der Waals surface area contributed by atoms with Crippen LogP contribution in [0.5, 0.6) is 5.75 Å². The van der Waals surface area contributed by atoms with Crippen molar-refractivity contribution >= 4 is 17.6 Å². The average Bonchev–Trinajstić information content (AvgIpc) is 3.20. The summed E-state index contributed by atoms with van der Waals surface area (Å²) in [5, 5.41) is 26.4. The normalized spacial score (nSPS) is 14.1. The topological polar surface area (TPSA) is 127 Å². The number of nitro groups is 1. The highest BCUT2D eigenvalue weighted by atomic mass is 16.6. The smallest absolute Gasteiger partial charge is 0.410 e. The molecule has 3 rings (SSSR count). The molecular formula is C25H32N6O5. The molecule has 11 heteroatoms. The van der Waals surface area contributed by atoms with Crippen LogP contribution in [-0.2, 0) is 11.3 Å². The standard InChI is InChI=1S/C25H32N6O5/c1-6-13-29(19-11-14-28(15-12-19)24(32)36-25(2,3)4)23-22(31(33)34)21(16-26)30(27-23)17-18-7-9-20(35-5)10-8-18/h6-10,19H,1,11-15,17H2,2-5H3. The van der Waals surface area contributed by atoms with E-state index in [-0.39, 0.29) is 35.9 Å². The third kappa shape index (κ3) is 6.13. The van der Waals surface area contributed by atoms with Crippen LogP contribution in [0, 0.1) is 21.4 Å². The number of piperidine rings is 1. The van der Waals surface area contributed by atoms with Gasteiger partial charge in [-0.2, -0.15) is 5.26 Å². The number of carbonyl (C=O) groups excluding carboxylic acids is 1. The van der Waals surface area contributed by atoms with E-state index in [1.165, 1.54) is 4.68 Å². The number of nitrogens with zero attached hydrogens (tertiary/aromatic N) is 6. The second kappa shape index (κ2) is 11.1. The molecule has 1 aromatic carbocycles. The number of rotatable bonds is 8. The lowest BCUT2D eigenvalue weighted by molar-refractivity contribution is -0.384. The van der Waals surface area contributed by atoms with Crippen molar-refractivity contribution in [1.29, 1.82) is 5.26 Å². The summed E-state index contributed by atoms with van der Waals surface area (Å²) in [6.45, 7) is 10.6. The van der Waals surface area contributed by atoms with Gasteiger partial charge in [0, 0.05) is 25.7 Å². The van der Waals surface area contributed by atoms with E-state index in [1.807, 2.05) is 43.9 Å². The third-order valence-electron chi connectivity index (χ3n) is 5.84. The van der Waals surface area contributed by atoms with E-state index in [0.29, 0.717) is 38.2 Å². The molecule has 0 spiro atoms. The quantitative estimate of drug-likeness (QED) is 0.303. The van der Waals surface area contributed by atoms with Gasteiger partial charge in [0.2, 0.25) is 11.5 Å². The van der Waals surface area contributed by atoms with Crippen molar-refractivity contribution in [3.63, 3.8) is 0 Å². The van der Waals surface area contributed by atoms with Crippen molar-refractivity contribution in [2.45, 2.75) is 51.8 Å². The van der Waals surface area contributed by atoms with Gasteiger partial charge in [0.15, 0.2) is 0 Å². The number of carbonyl (C=O) groups is 1. The van der Waals surface area contributed by atoms with Crippen LogP contribution in [0.25, 0.3) is 0 Å². The Morgan fingerprint density at radius 1 is 1.33 bits per heavy atom. The number of methoxy groups -OCH3 is 1. The van der Waals surface area contributed by atoms with Gasteiger partial charge in [0.1, 0.15) is 17.4 Å². The molecule has 0 saturated carbocycles. The molecule has 1 aromatic heterocycles. The van der Waals surface area contributed by atoms with Crippen molar-refractivity contribution < 1.29 is 19.2 Å². The second-order valence-corrected chi connectivity index (χ2v) is 9.54. The first-order valence-corrected chi connectivity index (χ1v) is 11.7. The van der Waals surface area contributed by atoms with Crippen LogP contribution < -0.4 is 9.64 Å². The first-order chi connectivity index (χ1) is 17.1. The maximum atomic E-state index is 12.5. The Labute approximate surface area is 210 Å². The molecule has 0 atom stereocenters. The van der Waals surface area contributed by atoms with E-state index in [1.54, 1.807) is 30.2 Å². The van der Waals surface area contributed by atoms with E-state index in [0.717, 1.165) is 5.56 Å². The second-order valence-electron chi connectivity index (χ2n) is 9.54. The first-order valence-electron chi connectivity index (χ1n) is 11.7. The maximum absolute atomic E-state index is 12.5. The van der Waals surface area contributed by atoms with Gasteiger partial charge in [-0.25, -0.2) is 9.48 Å². The maximum Gasteiger partial charge on any atom is 0.410 e. The molecule has 1 aliphatic rings. The molecule has 0 radical (unpaired) electrons. The van der Waals surface area contributed by atoms with Crippen molar-refractivity contribution in [1.82, 2.24) is 14.7 Å². The third-order valence-corrected chi connectivity index (χ3v) is 5.84. The van der Waals surface area contributed by atoms with Crippen LogP contribution in [0.1, 0.15) is 44.9 Å². The minimum Gasteiger partial charge on any atom is -0.497 e. The fourth-order valence-corrected chi connectivity index (χ4v) is 4.16. The number of anilines is 1. The largest absolute Gasteiger partial charge is 0.497 e. The molecule has 1 saturated heterocycles. The Morgan fingerprint density at radius 2 is 1.97 bits per heavy atom. The van der Waals surface area contributed by atoms with E-state index < -0.39 is 10.5 Å². The highest BCUT2D eigenvalue weighted by Gasteiger charge is 2.36. The van der Waals surface area contributed by atoms with Crippen molar-refractivity contribution in [3.05, 3.63) is 58.3 Å². The van der Waals surface area contributed by atoms with Crippen molar-refractivity contribution in [2.75, 3.05) is 31.6 Å². The number of benzene rings is 1. The van der Waals surface area contributed by atoms with Crippen LogP contribution in [0.2, 0.25) is 0 Å². The lowest BCUT2D eigenvalue weighted by Gasteiger charge is -2.38. The summed E-state index contributed by atoms with van der Waals surface area (Å²) >= 11 is 0. The molecule has 1 amide bonds. The molecule has 1 aliphatic heterocycles. The van der Waals surface area contributed by atoms with Crippen LogP contribution in [0.15, 0.2) is 36.9 Å². The lowest BCUT2D eigenvalue weighted by atomic mass is 10.0. The fraction of sp³-hybridized carbons (Fsp3) is 0.480. The monoisotopic (exact) mass is 496 g/mol. The Hall–Kier alpha value is -4.07. The summed E-state index contributed by atoms with van der Waals surface area (Å²) < 4.78 is 12.0. The number of hydrogen-bond acceptors (Lipinski definition) is 8. The van der Waals surface area contributed by atoms with E-state index in [2.05, 4.69) is 11.7 Å². The zero-order valence-corrected chi connectivity index (χ0v) is 21.1. The predicted molar refractivity (Wildman–Crippen MR) is 134 cm³/mol. The average molecular weight is 497 g/mol. The Morgan fingerprint density at radius 3 is 2.47 bits per heavy atom. The van der Waals surface area contributed by atoms with E-state index >= 15 is 0 Å². The summed E-state index contributed by atoms with van der Waals surface area (Å²) in [6.07, 6.45) is 2.41. The van der Waals surface area contributed by atoms with Gasteiger partial charge in [-0.1, -0.05) is 18.2 Å². The SMILES string of the molecule is C=CCN(c1nn(Cc2ccc(OC)cc2)c(C#N)c1[N+](=O)[O-])C1CCN(C(=O)OC(C)(C)C)CC1. The first kappa shape index (κ1) is 26.5. The minimum atomic E-state index is -0.589. The van der Waals surface area contributed by atoms with Gasteiger partial charge in [0.05, 0.1) is 18.6 Å². The van der Waals surface area contributed by atoms with Gasteiger partial charge in [0.25, 0.3) is 0 Å². The van der Waals surface area contributed by atoms with Crippen LogP contribution in [0.3, 0.4) is 0 Å². The molecule has 2 heterocycles. The van der Waals surface area contributed by atoms with Crippen LogP contribution >= 0.6 is 0 Å². The summed E-state index contributed by atoms with van der Waals surface area (Å²) in [4.78, 5) is 27.4. The lowest BCUT2D eigenvalue weighted by Crippen LogP contribution is -2.48. The molecular weight excluding hydrogens is 464 g/mol. The molecule has 0 unspecified atom stereocenters. The molecule has 11 nitrogen and oxygen atoms in total. The number of ether oxygens (including phenoxy) is 2. The van der Waals surface area contributed by atoms with Gasteiger partial charge >= 0.3 is 11.8 Å². The summed E-state index contributed by atoms with van der Waals surface area (Å²) in [5.74, 6) is 0.807. The minimum absolute atomic E-state index is 0.119. The number of likely N-dealkylation sites (tertiary alicyclic amines) is 1. The fourth-order valence-electron chi connectivity index (χ4n) is 4.16. The molecule has 0 bridgehead atoms. The van der Waals surface area contributed by atoms with Crippen molar-refractivity contribution in [3.8, 4) is 11.8 Å². The van der Waals surface area contributed by atoms with Gasteiger partial charge in [-0.05, 0) is 51.3 Å². The summed E-state index contributed by atoms with van der Waals surface area (Å²) in [6, 6.07) is 9.04. The number of aromatic nitrogens is 2. The zero-order chi connectivity index (χ0) is 26.5. The Kier molecular flexibility index (Phi) is 8.19. The highest BCUT2D eigenvalue weighted by molar-refractivity contribution is 5.68. The summed E-state index contributed by atoms with van der Waals surface area (Å²) in [5.41, 5.74) is -0.223. The predicted octanol–water partition coefficient (Wildman–Crippen LogP) is 4.11. The zero-order valence-electron chi connectivity index (χ0n) is 21.1. The van der Waals surface area contributed by atoms with E-state index in [4.69, 9.17) is 9.47 Å². The highest BCUT2D eigenvalue weighted by Crippen LogP contribution is 2.34. The molecule has 36 heavy (non-hydrogen) atoms. The number of hydrogen-bond donors (Lipinski definition) is 0. The van der Waals surface area contributed by atoms with Crippen molar-refractivity contribution in [2.24, 2.45) is 0 Å².